The Morgan fingerprint density at radius 3 is 2.68 bits per heavy atom. The molecule has 1 N–H and O–H groups in total. The maximum absolute atomic E-state index is 4.79. The van der Waals surface area contributed by atoms with Gasteiger partial charge in [-0.3, -0.25) is 4.68 Å². The summed E-state index contributed by atoms with van der Waals surface area (Å²) in [7, 11) is 4.07. The third kappa shape index (κ3) is 4.37. The molecule has 0 aliphatic heterocycles. The summed E-state index contributed by atoms with van der Waals surface area (Å²) in [5.41, 5.74) is 3.39. The molecular formula is C19H30N6. The average molecular weight is 342 g/mol. The van der Waals surface area contributed by atoms with Crippen molar-refractivity contribution in [3.05, 3.63) is 35.4 Å². The molecule has 0 spiro atoms. The molecule has 0 bridgehead atoms. The summed E-state index contributed by atoms with van der Waals surface area (Å²) in [5, 5.41) is 7.74. The number of anilines is 1. The average Bonchev–Trinajstić information content (AvgIpc) is 3.05. The largest absolute Gasteiger partial charge is 0.341 e. The minimum atomic E-state index is 0.203. The van der Waals surface area contributed by atoms with E-state index in [-0.39, 0.29) is 6.04 Å². The van der Waals surface area contributed by atoms with Crippen LogP contribution in [0.25, 0.3) is 0 Å². The zero-order chi connectivity index (χ0) is 17.8. The number of aromatic nitrogens is 4. The van der Waals surface area contributed by atoms with Crippen molar-refractivity contribution in [2.45, 2.75) is 64.6 Å². The van der Waals surface area contributed by atoms with Crippen LogP contribution in [0.15, 0.2) is 18.6 Å². The summed E-state index contributed by atoms with van der Waals surface area (Å²) in [5.74, 6) is 0.854. The van der Waals surface area contributed by atoms with Gasteiger partial charge in [0.25, 0.3) is 0 Å². The second-order valence-electron chi connectivity index (χ2n) is 7.24. The van der Waals surface area contributed by atoms with Crippen LogP contribution in [-0.2, 0) is 13.6 Å². The Morgan fingerprint density at radius 1 is 1.28 bits per heavy atom. The SMILES string of the molecule is Cc1nc(N(C)C2CCCCC2)ncc1C(C)NCc1cnn(C)c1. The molecule has 0 amide bonds. The lowest BCUT2D eigenvalue weighted by atomic mass is 9.95. The van der Waals surface area contributed by atoms with Crippen LogP contribution in [0.1, 0.15) is 61.9 Å². The Hall–Kier alpha value is -1.95. The molecule has 0 saturated heterocycles. The van der Waals surface area contributed by atoms with Gasteiger partial charge in [-0.25, -0.2) is 9.97 Å². The predicted octanol–water partition coefficient (Wildman–Crippen LogP) is 3.14. The molecule has 1 unspecified atom stereocenters. The molecule has 0 radical (unpaired) electrons. The maximum atomic E-state index is 4.79. The van der Waals surface area contributed by atoms with E-state index in [1.807, 2.05) is 30.3 Å². The molecule has 2 aromatic rings. The second-order valence-corrected chi connectivity index (χ2v) is 7.24. The van der Waals surface area contributed by atoms with Gasteiger partial charge in [0, 0.05) is 61.9 Å². The molecule has 1 saturated carbocycles. The molecule has 2 heterocycles. The molecule has 0 aromatic carbocycles. The maximum Gasteiger partial charge on any atom is 0.225 e. The Balaban J connectivity index is 1.64. The quantitative estimate of drug-likeness (QED) is 0.874. The van der Waals surface area contributed by atoms with Crippen molar-refractivity contribution in [2.75, 3.05) is 11.9 Å². The van der Waals surface area contributed by atoms with E-state index >= 15 is 0 Å². The Bertz CT molecular complexity index is 689. The first kappa shape index (κ1) is 17.9. The van der Waals surface area contributed by atoms with E-state index in [1.54, 1.807) is 0 Å². The Morgan fingerprint density at radius 2 is 2.04 bits per heavy atom. The fraction of sp³-hybridized carbons (Fsp3) is 0.632. The van der Waals surface area contributed by atoms with Crippen molar-refractivity contribution in [3.63, 3.8) is 0 Å². The molecular weight excluding hydrogens is 312 g/mol. The molecule has 25 heavy (non-hydrogen) atoms. The summed E-state index contributed by atoms with van der Waals surface area (Å²) >= 11 is 0. The molecule has 1 fully saturated rings. The van der Waals surface area contributed by atoms with Crippen LogP contribution in [0.4, 0.5) is 5.95 Å². The number of nitrogens with zero attached hydrogens (tertiary/aromatic N) is 5. The highest BCUT2D eigenvalue weighted by Crippen LogP contribution is 2.25. The van der Waals surface area contributed by atoms with Crippen LogP contribution in [0.2, 0.25) is 0 Å². The van der Waals surface area contributed by atoms with Crippen LogP contribution >= 0.6 is 0 Å². The number of aryl methyl sites for hydroxylation is 2. The number of nitrogens with one attached hydrogen (secondary N) is 1. The van der Waals surface area contributed by atoms with Gasteiger partial charge in [-0.2, -0.15) is 5.10 Å². The van der Waals surface area contributed by atoms with Crippen molar-refractivity contribution in [2.24, 2.45) is 7.05 Å². The first-order valence-corrected chi connectivity index (χ1v) is 9.32. The summed E-state index contributed by atoms with van der Waals surface area (Å²) in [4.78, 5) is 11.7. The summed E-state index contributed by atoms with van der Waals surface area (Å²) in [6, 6.07) is 0.786. The van der Waals surface area contributed by atoms with Crippen LogP contribution < -0.4 is 10.2 Å². The highest BCUT2D eigenvalue weighted by Gasteiger charge is 2.21. The van der Waals surface area contributed by atoms with Crippen molar-refractivity contribution < 1.29 is 0 Å². The van der Waals surface area contributed by atoms with Crippen LogP contribution in [0.5, 0.6) is 0 Å². The van der Waals surface area contributed by atoms with Gasteiger partial charge in [0.05, 0.1) is 6.20 Å². The van der Waals surface area contributed by atoms with E-state index in [2.05, 4.69) is 41.2 Å². The van der Waals surface area contributed by atoms with Gasteiger partial charge in [-0.05, 0) is 26.7 Å². The van der Waals surface area contributed by atoms with E-state index in [4.69, 9.17) is 4.98 Å². The molecule has 6 heteroatoms. The van der Waals surface area contributed by atoms with Crippen LogP contribution in [0, 0.1) is 6.92 Å². The van der Waals surface area contributed by atoms with Gasteiger partial charge < -0.3 is 10.2 Å². The number of rotatable bonds is 6. The van der Waals surface area contributed by atoms with E-state index < -0.39 is 0 Å². The van der Waals surface area contributed by atoms with Gasteiger partial charge >= 0.3 is 0 Å². The summed E-state index contributed by atoms with van der Waals surface area (Å²) in [6.45, 7) is 5.03. The monoisotopic (exact) mass is 342 g/mol. The summed E-state index contributed by atoms with van der Waals surface area (Å²) in [6.07, 6.45) is 12.4. The molecule has 3 rings (SSSR count). The third-order valence-corrected chi connectivity index (χ3v) is 5.28. The van der Waals surface area contributed by atoms with Crippen molar-refractivity contribution in [1.29, 1.82) is 0 Å². The van der Waals surface area contributed by atoms with Gasteiger partial charge in [0.15, 0.2) is 0 Å². The highest BCUT2D eigenvalue weighted by atomic mass is 15.3. The van der Waals surface area contributed by atoms with Crippen molar-refractivity contribution in [1.82, 2.24) is 25.1 Å². The first-order valence-electron chi connectivity index (χ1n) is 9.32. The van der Waals surface area contributed by atoms with Gasteiger partial charge in [0.1, 0.15) is 0 Å². The normalized spacial score (nSPS) is 16.8. The third-order valence-electron chi connectivity index (χ3n) is 5.28. The summed E-state index contributed by atoms with van der Waals surface area (Å²) < 4.78 is 1.83. The fourth-order valence-electron chi connectivity index (χ4n) is 3.63. The smallest absolute Gasteiger partial charge is 0.225 e. The zero-order valence-corrected chi connectivity index (χ0v) is 15.9. The van der Waals surface area contributed by atoms with E-state index in [1.165, 1.54) is 37.7 Å². The van der Waals surface area contributed by atoms with E-state index in [0.29, 0.717) is 6.04 Å². The predicted molar refractivity (Wildman–Crippen MR) is 101 cm³/mol. The van der Waals surface area contributed by atoms with Crippen molar-refractivity contribution >= 4 is 5.95 Å². The lowest BCUT2D eigenvalue weighted by Crippen LogP contribution is -2.34. The minimum Gasteiger partial charge on any atom is -0.341 e. The fourth-order valence-corrected chi connectivity index (χ4v) is 3.63. The van der Waals surface area contributed by atoms with Gasteiger partial charge in [0.2, 0.25) is 5.95 Å². The van der Waals surface area contributed by atoms with Gasteiger partial charge in [-0.15, -0.1) is 0 Å². The molecule has 136 valence electrons. The van der Waals surface area contributed by atoms with Gasteiger partial charge in [-0.1, -0.05) is 19.3 Å². The Kier molecular flexibility index (Phi) is 5.68. The van der Waals surface area contributed by atoms with Crippen molar-refractivity contribution in [3.8, 4) is 0 Å². The lowest BCUT2D eigenvalue weighted by Gasteiger charge is -2.31. The molecule has 1 aliphatic carbocycles. The lowest BCUT2D eigenvalue weighted by molar-refractivity contribution is 0.423. The zero-order valence-electron chi connectivity index (χ0n) is 15.9. The van der Waals surface area contributed by atoms with Crippen LogP contribution in [-0.4, -0.2) is 32.8 Å². The second kappa shape index (κ2) is 7.95. The van der Waals surface area contributed by atoms with Crippen LogP contribution in [0.3, 0.4) is 0 Å². The number of hydrogen-bond donors (Lipinski definition) is 1. The highest BCUT2D eigenvalue weighted by molar-refractivity contribution is 5.34. The first-order chi connectivity index (χ1) is 12.0. The molecule has 2 aromatic heterocycles. The Labute approximate surface area is 150 Å². The topological polar surface area (TPSA) is 58.9 Å². The molecule has 1 atom stereocenters. The number of hydrogen-bond acceptors (Lipinski definition) is 5. The molecule has 1 aliphatic rings. The molecule has 6 nitrogen and oxygen atoms in total. The van der Waals surface area contributed by atoms with E-state index in [9.17, 15) is 0 Å². The standard InChI is InChI=1S/C19H30N6/c1-14(20-10-16-11-22-24(3)13-16)18-12-21-19(23-15(18)2)25(4)17-8-6-5-7-9-17/h11-14,17,20H,5-10H2,1-4H3. The van der Waals surface area contributed by atoms with E-state index in [0.717, 1.165) is 23.8 Å². The minimum absolute atomic E-state index is 0.203.